The van der Waals surface area contributed by atoms with Crippen molar-refractivity contribution in [2.24, 2.45) is 5.73 Å². The molecule has 0 aliphatic carbocycles. The normalized spacial score (nSPS) is 19.5. The van der Waals surface area contributed by atoms with Crippen molar-refractivity contribution in [2.45, 2.75) is 38.1 Å². The molecule has 1 aromatic rings. The maximum Gasteiger partial charge on any atom is 0.269 e. The molecule has 5 heteroatoms. The standard InChI is InChI=1S/C15H23N3O2/c1-15(12-16,17-8-3-2-4-9-17)11-13-6-5-7-14(10-13)18(19)20/h5-7,10H,2-4,8-9,11-12,16H2,1H3. The van der Waals surface area contributed by atoms with E-state index in [0.29, 0.717) is 6.54 Å². The van der Waals surface area contributed by atoms with Gasteiger partial charge in [-0.25, -0.2) is 0 Å². The average Bonchev–Trinajstić information content (AvgIpc) is 2.48. The van der Waals surface area contributed by atoms with Crippen LogP contribution in [0.2, 0.25) is 0 Å². The molecule has 0 saturated carbocycles. The first-order valence-electron chi connectivity index (χ1n) is 7.24. The van der Waals surface area contributed by atoms with E-state index in [-0.39, 0.29) is 16.1 Å². The third kappa shape index (κ3) is 3.35. The number of nitrogens with two attached hydrogens (primary N) is 1. The van der Waals surface area contributed by atoms with Crippen molar-refractivity contribution >= 4 is 5.69 Å². The Balaban J connectivity index is 2.16. The largest absolute Gasteiger partial charge is 0.329 e. The predicted octanol–water partition coefficient (Wildman–Crippen LogP) is 2.34. The molecule has 1 heterocycles. The maximum absolute atomic E-state index is 10.9. The lowest BCUT2D eigenvalue weighted by Gasteiger charge is -2.43. The second-order valence-electron chi connectivity index (χ2n) is 5.85. The van der Waals surface area contributed by atoms with E-state index < -0.39 is 0 Å². The zero-order valence-electron chi connectivity index (χ0n) is 12.0. The van der Waals surface area contributed by atoms with Gasteiger partial charge >= 0.3 is 0 Å². The van der Waals surface area contributed by atoms with Gasteiger partial charge in [0.05, 0.1) is 4.92 Å². The predicted molar refractivity (Wildman–Crippen MR) is 79.7 cm³/mol. The van der Waals surface area contributed by atoms with Gasteiger partial charge in [-0.1, -0.05) is 18.6 Å². The highest BCUT2D eigenvalue weighted by molar-refractivity contribution is 5.35. The van der Waals surface area contributed by atoms with E-state index in [4.69, 9.17) is 5.73 Å². The minimum Gasteiger partial charge on any atom is -0.329 e. The Bertz CT molecular complexity index is 472. The molecular formula is C15H23N3O2. The van der Waals surface area contributed by atoms with Crippen LogP contribution in [0.1, 0.15) is 31.7 Å². The number of likely N-dealkylation sites (tertiary alicyclic amines) is 1. The van der Waals surface area contributed by atoms with Crippen LogP contribution in [0.15, 0.2) is 24.3 Å². The van der Waals surface area contributed by atoms with Crippen molar-refractivity contribution < 1.29 is 4.92 Å². The molecule has 1 fully saturated rings. The molecule has 1 aliphatic heterocycles. The number of hydrogen-bond donors (Lipinski definition) is 1. The zero-order chi connectivity index (χ0) is 14.6. The first-order valence-corrected chi connectivity index (χ1v) is 7.24. The summed E-state index contributed by atoms with van der Waals surface area (Å²) >= 11 is 0. The SMILES string of the molecule is CC(CN)(Cc1cccc([N+](=O)[O-])c1)N1CCCCC1. The number of nitrogens with zero attached hydrogens (tertiary/aromatic N) is 2. The first kappa shape index (κ1) is 14.9. The lowest BCUT2D eigenvalue weighted by molar-refractivity contribution is -0.384. The quantitative estimate of drug-likeness (QED) is 0.662. The highest BCUT2D eigenvalue weighted by Gasteiger charge is 2.31. The minimum absolute atomic E-state index is 0.115. The van der Waals surface area contributed by atoms with Gasteiger partial charge in [-0.05, 0) is 44.8 Å². The van der Waals surface area contributed by atoms with Gasteiger partial charge in [0.1, 0.15) is 0 Å². The van der Waals surface area contributed by atoms with Crippen LogP contribution >= 0.6 is 0 Å². The molecule has 0 bridgehead atoms. The fourth-order valence-electron chi connectivity index (χ4n) is 2.97. The molecule has 0 amide bonds. The third-order valence-electron chi connectivity index (χ3n) is 4.27. The molecule has 2 N–H and O–H groups in total. The van der Waals surface area contributed by atoms with E-state index in [0.717, 1.165) is 25.1 Å². The molecule has 0 radical (unpaired) electrons. The molecular weight excluding hydrogens is 254 g/mol. The van der Waals surface area contributed by atoms with Gasteiger partial charge in [-0.3, -0.25) is 15.0 Å². The fraction of sp³-hybridized carbons (Fsp3) is 0.600. The lowest BCUT2D eigenvalue weighted by atomic mass is 9.89. The third-order valence-corrected chi connectivity index (χ3v) is 4.27. The molecule has 0 spiro atoms. The maximum atomic E-state index is 10.9. The Morgan fingerprint density at radius 3 is 2.65 bits per heavy atom. The number of rotatable bonds is 5. The Labute approximate surface area is 119 Å². The van der Waals surface area contributed by atoms with Gasteiger partial charge in [0.25, 0.3) is 5.69 Å². The number of piperidine rings is 1. The van der Waals surface area contributed by atoms with E-state index in [1.165, 1.54) is 25.3 Å². The molecule has 2 rings (SSSR count). The summed E-state index contributed by atoms with van der Waals surface area (Å²) < 4.78 is 0. The molecule has 20 heavy (non-hydrogen) atoms. The Morgan fingerprint density at radius 2 is 2.05 bits per heavy atom. The van der Waals surface area contributed by atoms with Crippen molar-refractivity contribution in [3.8, 4) is 0 Å². The van der Waals surface area contributed by atoms with Crippen molar-refractivity contribution in [3.63, 3.8) is 0 Å². The van der Waals surface area contributed by atoms with Crippen LogP contribution < -0.4 is 5.73 Å². The van der Waals surface area contributed by atoms with Gasteiger partial charge in [-0.2, -0.15) is 0 Å². The molecule has 1 atom stereocenters. The van der Waals surface area contributed by atoms with Gasteiger partial charge in [-0.15, -0.1) is 0 Å². The molecule has 110 valence electrons. The van der Waals surface area contributed by atoms with Crippen molar-refractivity contribution in [2.75, 3.05) is 19.6 Å². The first-order chi connectivity index (χ1) is 9.55. The fourth-order valence-corrected chi connectivity index (χ4v) is 2.97. The highest BCUT2D eigenvalue weighted by atomic mass is 16.6. The van der Waals surface area contributed by atoms with Crippen LogP contribution in [-0.2, 0) is 6.42 Å². The minimum atomic E-state index is -0.343. The second-order valence-corrected chi connectivity index (χ2v) is 5.85. The Kier molecular flexibility index (Phi) is 4.73. The van der Waals surface area contributed by atoms with Crippen LogP contribution in [0.5, 0.6) is 0 Å². The van der Waals surface area contributed by atoms with Gasteiger partial charge in [0.2, 0.25) is 0 Å². The zero-order valence-corrected chi connectivity index (χ0v) is 12.0. The number of nitro benzene ring substituents is 1. The molecule has 1 aliphatic rings. The van der Waals surface area contributed by atoms with Crippen LogP contribution in [0.4, 0.5) is 5.69 Å². The summed E-state index contributed by atoms with van der Waals surface area (Å²) in [5.41, 5.74) is 7.03. The molecule has 1 saturated heterocycles. The smallest absolute Gasteiger partial charge is 0.269 e. The summed E-state index contributed by atoms with van der Waals surface area (Å²) in [6, 6.07) is 6.90. The summed E-state index contributed by atoms with van der Waals surface area (Å²) in [6.45, 7) is 4.87. The van der Waals surface area contributed by atoms with Gasteiger partial charge in [0.15, 0.2) is 0 Å². The summed E-state index contributed by atoms with van der Waals surface area (Å²) in [5, 5.41) is 10.9. The van der Waals surface area contributed by atoms with E-state index >= 15 is 0 Å². The van der Waals surface area contributed by atoms with Crippen LogP contribution in [0.3, 0.4) is 0 Å². The number of nitro groups is 1. The van der Waals surface area contributed by atoms with Crippen molar-refractivity contribution in [1.82, 2.24) is 4.90 Å². The number of hydrogen-bond acceptors (Lipinski definition) is 4. The van der Waals surface area contributed by atoms with Crippen molar-refractivity contribution in [1.29, 1.82) is 0 Å². The average molecular weight is 277 g/mol. The molecule has 1 aromatic carbocycles. The van der Waals surface area contributed by atoms with Gasteiger partial charge in [0, 0.05) is 24.2 Å². The van der Waals surface area contributed by atoms with Crippen LogP contribution in [0.25, 0.3) is 0 Å². The van der Waals surface area contributed by atoms with Crippen LogP contribution in [0, 0.1) is 10.1 Å². The van der Waals surface area contributed by atoms with Crippen molar-refractivity contribution in [3.05, 3.63) is 39.9 Å². The van der Waals surface area contributed by atoms with Crippen LogP contribution in [-0.4, -0.2) is 35.0 Å². The number of benzene rings is 1. The Morgan fingerprint density at radius 1 is 1.35 bits per heavy atom. The molecule has 1 unspecified atom stereocenters. The van der Waals surface area contributed by atoms with E-state index in [2.05, 4.69) is 11.8 Å². The summed E-state index contributed by atoms with van der Waals surface area (Å²) in [7, 11) is 0. The lowest BCUT2D eigenvalue weighted by Crippen LogP contribution is -2.54. The summed E-state index contributed by atoms with van der Waals surface area (Å²) in [6.07, 6.45) is 4.47. The Hall–Kier alpha value is -1.46. The van der Waals surface area contributed by atoms with Gasteiger partial charge < -0.3 is 5.73 Å². The topological polar surface area (TPSA) is 72.4 Å². The number of non-ortho nitro benzene ring substituents is 1. The highest BCUT2D eigenvalue weighted by Crippen LogP contribution is 2.25. The molecule has 5 nitrogen and oxygen atoms in total. The van der Waals surface area contributed by atoms with E-state index in [1.807, 2.05) is 6.07 Å². The second kappa shape index (κ2) is 6.33. The van der Waals surface area contributed by atoms with E-state index in [1.54, 1.807) is 12.1 Å². The summed E-state index contributed by atoms with van der Waals surface area (Å²) in [5.74, 6) is 0. The monoisotopic (exact) mass is 277 g/mol. The summed E-state index contributed by atoms with van der Waals surface area (Å²) in [4.78, 5) is 13.0. The van der Waals surface area contributed by atoms with E-state index in [9.17, 15) is 10.1 Å². The molecule has 0 aromatic heterocycles.